The number of aromatic amines is 1. The molecule has 1 aromatic carbocycles. The fraction of sp³-hybridized carbons (Fsp3) is 0. The maximum atomic E-state index is 11.2. The second-order valence-electron chi connectivity index (χ2n) is 3.18. The van der Waals surface area contributed by atoms with E-state index < -0.39 is 14.9 Å². The summed E-state index contributed by atoms with van der Waals surface area (Å²) in [5.74, 6) is 0. The molecule has 0 aliphatic rings. The molecule has 2 aromatic rings. The minimum absolute atomic E-state index is 0.0719. The predicted molar refractivity (Wildman–Crippen MR) is 56.3 cm³/mol. The van der Waals surface area contributed by atoms with Gasteiger partial charge < -0.3 is 4.98 Å². The molecule has 8 heteroatoms. The summed E-state index contributed by atoms with van der Waals surface area (Å²) < 4.78 is 22.3. The van der Waals surface area contributed by atoms with Gasteiger partial charge in [-0.2, -0.15) is 0 Å². The van der Waals surface area contributed by atoms with Crippen LogP contribution >= 0.6 is 0 Å². The van der Waals surface area contributed by atoms with Gasteiger partial charge in [-0.15, -0.1) is 0 Å². The topological polar surface area (TPSA) is 119 Å². The van der Waals surface area contributed by atoms with Crippen molar-refractivity contribution < 1.29 is 13.3 Å². The van der Waals surface area contributed by atoms with Gasteiger partial charge in [-0.3, -0.25) is 10.1 Å². The highest BCUT2D eigenvalue weighted by Crippen LogP contribution is 2.25. The summed E-state index contributed by atoms with van der Waals surface area (Å²) in [7, 11) is -3.82. The number of primary sulfonamides is 1. The zero-order valence-electron chi connectivity index (χ0n) is 7.88. The second kappa shape index (κ2) is 3.29. The molecule has 0 bridgehead atoms. The maximum absolute atomic E-state index is 11.2. The van der Waals surface area contributed by atoms with Crippen LogP contribution in [0, 0.1) is 10.1 Å². The summed E-state index contributed by atoms with van der Waals surface area (Å²) in [6.07, 6.45) is 1.21. The van der Waals surface area contributed by atoms with Gasteiger partial charge in [-0.25, -0.2) is 13.6 Å². The van der Waals surface area contributed by atoms with Crippen LogP contribution in [0.1, 0.15) is 0 Å². The minimum atomic E-state index is -3.82. The summed E-state index contributed by atoms with van der Waals surface area (Å²) in [5.41, 5.74) is 0.244. The number of hydrogen-bond donors (Lipinski definition) is 2. The average Bonchev–Trinajstić information content (AvgIpc) is 2.58. The van der Waals surface area contributed by atoms with Crippen molar-refractivity contribution in [1.82, 2.24) is 4.98 Å². The first-order valence-corrected chi connectivity index (χ1v) is 5.72. The number of non-ortho nitro benzene ring substituents is 1. The van der Waals surface area contributed by atoms with Gasteiger partial charge >= 0.3 is 0 Å². The van der Waals surface area contributed by atoms with Crippen molar-refractivity contribution in [2.24, 2.45) is 5.14 Å². The Morgan fingerprint density at radius 2 is 2.06 bits per heavy atom. The van der Waals surface area contributed by atoms with Crippen LogP contribution in [0.5, 0.6) is 0 Å². The van der Waals surface area contributed by atoms with Crippen molar-refractivity contribution in [3.05, 3.63) is 34.5 Å². The molecule has 0 saturated carbocycles. The molecule has 0 spiro atoms. The molecule has 1 heterocycles. The highest BCUT2D eigenvalue weighted by Gasteiger charge is 2.16. The Bertz CT molecular complexity index is 674. The van der Waals surface area contributed by atoms with Crippen LogP contribution in [0.15, 0.2) is 29.3 Å². The zero-order valence-corrected chi connectivity index (χ0v) is 8.69. The van der Waals surface area contributed by atoms with Gasteiger partial charge in [0.25, 0.3) is 5.69 Å². The van der Waals surface area contributed by atoms with Crippen molar-refractivity contribution in [2.45, 2.75) is 4.90 Å². The number of nitro benzene ring substituents is 1. The molecule has 7 nitrogen and oxygen atoms in total. The number of nitrogens with two attached hydrogens (primary N) is 1. The van der Waals surface area contributed by atoms with Crippen LogP contribution in [-0.2, 0) is 10.0 Å². The first kappa shape index (κ1) is 10.6. The summed E-state index contributed by atoms with van der Waals surface area (Å²) in [6.45, 7) is 0. The van der Waals surface area contributed by atoms with Gasteiger partial charge in [0, 0.05) is 23.7 Å². The Morgan fingerprint density at radius 1 is 1.38 bits per heavy atom. The van der Waals surface area contributed by atoms with E-state index >= 15 is 0 Å². The van der Waals surface area contributed by atoms with Crippen molar-refractivity contribution in [1.29, 1.82) is 0 Å². The first-order chi connectivity index (χ1) is 7.39. The third-order valence-corrected chi connectivity index (χ3v) is 3.10. The van der Waals surface area contributed by atoms with Gasteiger partial charge in [0.2, 0.25) is 10.0 Å². The molecule has 1 aromatic heterocycles. The Hall–Kier alpha value is -1.93. The van der Waals surface area contributed by atoms with Crippen molar-refractivity contribution in [2.75, 3.05) is 0 Å². The molecule has 16 heavy (non-hydrogen) atoms. The molecule has 0 unspecified atom stereocenters. The fourth-order valence-corrected chi connectivity index (χ4v) is 2.14. The number of nitrogens with one attached hydrogen (secondary N) is 1. The SMILES string of the molecule is NS(=O)(=O)c1c[nH]c2cc([N+](=O)[O-])ccc12. The lowest BCUT2D eigenvalue weighted by Crippen LogP contribution is -2.11. The van der Waals surface area contributed by atoms with Gasteiger partial charge in [0.1, 0.15) is 4.90 Å². The van der Waals surface area contributed by atoms with E-state index in [4.69, 9.17) is 5.14 Å². The molecule has 0 atom stereocenters. The fourth-order valence-electron chi connectivity index (χ4n) is 1.44. The number of sulfonamides is 1. The number of benzene rings is 1. The molecule has 0 aliphatic heterocycles. The zero-order chi connectivity index (χ0) is 11.9. The van der Waals surface area contributed by atoms with Crippen LogP contribution in [0.25, 0.3) is 10.9 Å². The van der Waals surface area contributed by atoms with E-state index in [2.05, 4.69) is 4.98 Å². The van der Waals surface area contributed by atoms with Crippen molar-refractivity contribution >= 4 is 26.6 Å². The van der Waals surface area contributed by atoms with E-state index in [-0.39, 0.29) is 10.6 Å². The summed E-state index contributed by atoms with van der Waals surface area (Å²) in [5, 5.41) is 15.8. The molecule has 2 rings (SSSR count). The van der Waals surface area contributed by atoms with E-state index in [1.807, 2.05) is 0 Å². The summed E-state index contributed by atoms with van der Waals surface area (Å²) in [6, 6.07) is 3.83. The molecule has 84 valence electrons. The average molecular weight is 241 g/mol. The molecule has 0 amide bonds. The van der Waals surface area contributed by atoms with Crippen molar-refractivity contribution in [3.8, 4) is 0 Å². The number of fused-ring (bicyclic) bond motifs is 1. The van der Waals surface area contributed by atoms with Gasteiger partial charge in [-0.1, -0.05) is 0 Å². The van der Waals surface area contributed by atoms with Crippen LogP contribution < -0.4 is 5.14 Å². The normalized spacial score (nSPS) is 11.8. The van der Waals surface area contributed by atoms with Crippen LogP contribution in [0.4, 0.5) is 5.69 Å². The quantitative estimate of drug-likeness (QED) is 0.594. The Balaban J connectivity index is 2.73. The van der Waals surface area contributed by atoms with E-state index in [0.717, 1.165) is 0 Å². The Morgan fingerprint density at radius 3 is 2.62 bits per heavy atom. The summed E-state index contributed by atoms with van der Waals surface area (Å²) in [4.78, 5) is 12.5. The van der Waals surface area contributed by atoms with Gasteiger partial charge in [0.15, 0.2) is 0 Å². The van der Waals surface area contributed by atoms with Crippen LogP contribution in [0.3, 0.4) is 0 Å². The number of nitro groups is 1. The van der Waals surface area contributed by atoms with Gasteiger partial charge in [0.05, 0.1) is 10.4 Å². The molecule has 0 aliphatic carbocycles. The number of rotatable bonds is 2. The largest absolute Gasteiger partial charge is 0.360 e. The monoisotopic (exact) mass is 241 g/mol. The van der Waals surface area contributed by atoms with Crippen LogP contribution in [0.2, 0.25) is 0 Å². The Labute approximate surface area is 90.1 Å². The van der Waals surface area contributed by atoms with E-state index in [0.29, 0.717) is 10.9 Å². The Kier molecular flexibility index (Phi) is 2.17. The van der Waals surface area contributed by atoms with Crippen molar-refractivity contribution in [3.63, 3.8) is 0 Å². The van der Waals surface area contributed by atoms with E-state index in [1.54, 1.807) is 0 Å². The first-order valence-electron chi connectivity index (χ1n) is 4.18. The standard InChI is InChI=1S/C8H7N3O4S/c9-16(14,15)8-4-10-7-3-5(11(12)13)1-2-6(7)8/h1-4,10H,(H2,9,14,15). The molecule has 0 fully saturated rings. The minimum Gasteiger partial charge on any atom is -0.360 e. The van der Waals surface area contributed by atoms with E-state index in [1.165, 1.54) is 24.4 Å². The lowest BCUT2D eigenvalue weighted by atomic mass is 10.2. The molecular weight excluding hydrogens is 234 g/mol. The van der Waals surface area contributed by atoms with Crippen LogP contribution in [-0.4, -0.2) is 18.3 Å². The highest BCUT2D eigenvalue weighted by molar-refractivity contribution is 7.89. The lowest BCUT2D eigenvalue weighted by molar-refractivity contribution is -0.384. The number of nitrogens with zero attached hydrogens (tertiary/aromatic N) is 1. The highest BCUT2D eigenvalue weighted by atomic mass is 32.2. The summed E-state index contributed by atoms with van der Waals surface area (Å²) >= 11 is 0. The molecule has 3 N–H and O–H groups in total. The maximum Gasteiger partial charge on any atom is 0.271 e. The lowest BCUT2D eigenvalue weighted by Gasteiger charge is -1.95. The smallest absolute Gasteiger partial charge is 0.271 e. The predicted octanol–water partition coefficient (Wildman–Crippen LogP) is 0.724. The molecule has 0 saturated heterocycles. The number of hydrogen-bond acceptors (Lipinski definition) is 4. The van der Waals surface area contributed by atoms with E-state index in [9.17, 15) is 18.5 Å². The molecule has 0 radical (unpaired) electrons. The third kappa shape index (κ3) is 1.64. The number of aromatic nitrogens is 1. The molecular formula is C8H7N3O4S. The third-order valence-electron chi connectivity index (χ3n) is 2.14. The number of H-pyrrole nitrogens is 1. The van der Waals surface area contributed by atoms with Gasteiger partial charge in [-0.05, 0) is 6.07 Å². The second-order valence-corrected chi connectivity index (χ2v) is 4.71.